The molecule has 1 saturated heterocycles. The minimum atomic E-state index is -0.731. The number of halogens is 1. The first-order valence-corrected chi connectivity index (χ1v) is 8.94. The van der Waals surface area contributed by atoms with Gasteiger partial charge in [-0.3, -0.25) is 14.9 Å². The molecule has 1 aliphatic rings. The fourth-order valence-corrected chi connectivity index (χ4v) is 3.20. The Balaban J connectivity index is 1.75. The van der Waals surface area contributed by atoms with Crippen LogP contribution in [0.25, 0.3) is 0 Å². The number of rotatable bonds is 4. The van der Waals surface area contributed by atoms with E-state index in [0.29, 0.717) is 31.2 Å². The summed E-state index contributed by atoms with van der Waals surface area (Å²) in [6.07, 6.45) is 0. The van der Waals surface area contributed by atoms with Crippen LogP contribution < -0.4 is 4.90 Å². The topological polar surface area (TPSA) is 93.0 Å². The van der Waals surface area contributed by atoms with Crippen LogP contribution in [0, 0.1) is 10.1 Å². The maximum absolute atomic E-state index is 12.8. The van der Waals surface area contributed by atoms with Crippen LogP contribution in [0.3, 0.4) is 0 Å². The van der Waals surface area contributed by atoms with E-state index in [1.54, 1.807) is 4.90 Å². The molecule has 0 saturated carbocycles. The molecule has 9 heteroatoms. The van der Waals surface area contributed by atoms with E-state index in [-0.39, 0.29) is 22.7 Å². The van der Waals surface area contributed by atoms with E-state index in [9.17, 15) is 19.7 Å². The van der Waals surface area contributed by atoms with E-state index in [1.165, 1.54) is 19.2 Å². The van der Waals surface area contributed by atoms with Gasteiger partial charge < -0.3 is 14.5 Å². The monoisotopic (exact) mass is 403 g/mol. The summed E-state index contributed by atoms with van der Waals surface area (Å²) in [5, 5.41) is 11.8. The van der Waals surface area contributed by atoms with Gasteiger partial charge in [0.1, 0.15) is 0 Å². The number of anilines is 1. The van der Waals surface area contributed by atoms with Gasteiger partial charge in [0, 0.05) is 54.6 Å². The molecule has 146 valence electrons. The number of hydrogen-bond acceptors (Lipinski definition) is 6. The lowest BCUT2D eigenvalue weighted by Crippen LogP contribution is -2.48. The van der Waals surface area contributed by atoms with Crippen LogP contribution in [-0.4, -0.2) is 55.0 Å². The number of non-ortho nitro benzene ring substituents is 1. The molecule has 8 nitrogen and oxygen atoms in total. The Morgan fingerprint density at radius 1 is 1.04 bits per heavy atom. The highest BCUT2D eigenvalue weighted by Crippen LogP contribution is 2.22. The summed E-state index contributed by atoms with van der Waals surface area (Å²) in [6.45, 7) is 2.15. The number of nitro benzene ring substituents is 1. The number of nitro groups is 1. The molecular formula is C19H18ClN3O5. The van der Waals surface area contributed by atoms with E-state index in [1.807, 2.05) is 24.3 Å². The maximum Gasteiger partial charge on any atom is 0.338 e. The molecule has 0 aliphatic carbocycles. The van der Waals surface area contributed by atoms with Crippen molar-refractivity contribution in [2.24, 2.45) is 0 Å². The van der Waals surface area contributed by atoms with Crippen molar-refractivity contribution in [3.63, 3.8) is 0 Å². The third-order valence-corrected chi connectivity index (χ3v) is 4.81. The van der Waals surface area contributed by atoms with Crippen LogP contribution >= 0.6 is 11.6 Å². The number of piperazine rings is 1. The molecule has 0 N–H and O–H groups in total. The van der Waals surface area contributed by atoms with Crippen molar-refractivity contribution >= 4 is 34.9 Å². The molecule has 0 aromatic heterocycles. The summed E-state index contributed by atoms with van der Waals surface area (Å²) >= 11 is 5.91. The lowest BCUT2D eigenvalue weighted by atomic mass is 10.1. The average Bonchev–Trinajstić information content (AvgIpc) is 2.73. The predicted octanol–water partition coefficient (Wildman–Crippen LogP) is 3.00. The van der Waals surface area contributed by atoms with E-state index in [2.05, 4.69) is 9.64 Å². The minimum Gasteiger partial charge on any atom is -0.465 e. The molecule has 3 rings (SSSR count). The fourth-order valence-electron chi connectivity index (χ4n) is 3.08. The minimum absolute atomic E-state index is 0.0279. The molecule has 1 amide bonds. The van der Waals surface area contributed by atoms with Crippen molar-refractivity contribution in [3.8, 4) is 0 Å². The van der Waals surface area contributed by atoms with Crippen molar-refractivity contribution in [2.45, 2.75) is 0 Å². The molecule has 0 radical (unpaired) electrons. The predicted molar refractivity (Wildman–Crippen MR) is 104 cm³/mol. The van der Waals surface area contributed by atoms with Gasteiger partial charge >= 0.3 is 5.97 Å². The number of benzene rings is 2. The second-order valence-corrected chi connectivity index (χ2v) is 6.71. The highest BCUT2D eigenvalue weighted by atomic mass is 35.5. The van der Waals surface area contributed by atoms with Crippen LogP contribution in [-0.2, 0) is 4.74 Å². The number of methoxy groups -OCH3 is 1. The Morgan fingerprint density at radius 3 is 2.21 bits per heavy atom. The third kappa shape index (κ3) is 4.23. The summed E-state index contributed by atoms with van der Waals surface area (Å²) in [4.78, 5) is 38.9. The van der Waals surface area contributed by atoms with Gasteiger partial charge in [0.25, 0.3) is 11.6 Å². The van der Waals surface area contributed by atoms with E-state index in [4.69, 9.17) is 11.6 Å². The largest absolute Gasteiger partial charge is 0.465 e. The van der Waals surface area contributed by atoms with Crippen molar-refractivity contribution in [1.82, 2.24) is 4.90 Å². The van der Waals surface area contributed by atoms with Gasteiger partial charge in [0.15, 0.2) is 0 Å². The van der Waals surface area contributed by atoms with Gasteiger partial charge in [-0.05, 0) is 30.3 Å². The molecule has 28 heavy (non-hydrogen) atoms. The normalized spacial score (nSPS) is 13.9. The Morgan fingerprint density at radius 2 is 1.64 bits per heavy atom. The van der Waals surface area contributed by atoms with Crippen LogP contribution in [0.15, 0.2) is 42.5 Å². The standard InChI is InChI=1S/C19H18ClN3O5/c1-28-19(25)14-10-13(11-17(12-14)23(26)27)18(24)22-8-6-21(7-9-22)16-4-2-15(20)3-5-16/h2-5,10-12H,6-9H2,1H3. The molecule has 2 aromatic carbocycles. The SMILES string of the molecule is COC(=O)c1cc(C(=O)N2CCN(c3ccc(Cl)cc3)CC2)cc([N+](=O)[O-])c1. The molecular weight excluding hydrogens is 386 g/mol. The number of ether oxygens (including phenoxy) is 1. The lowest BCUT2D eigenvalue weighted by Gasteiger charge is -2.36. The summed E-state index contributed by atoms with van der Waals surface area (Å²) in [6, 6.07) is 11.1. The zero-order chi connectivity index (χ0) is 20.3. The quantitative estimate of drug-likeness (QED) is 0.442. The number of nitrogens with zero attached hydrogens (tertiary/aromatic N) is 3. The van der Waals surface area contributed by atoms with Crippen LogP contribution in [0.4, 0.5) is 11.4 Å². The fraction of sp³-hybridized carbons (Fsp3) is 0.263. The first kappa shape index (κ1) is 19.6. The van der Waals surface area contributed by atoms with Gasteiger partial charge in [0.2, 0.25) is 0 Å². The maximum atomic E-state index is 12.8. The van der Waals surface area contributed by atoms with Gasteiger partial charge in [-0.15, -0.1) is 0 Å². The van der Waals surface area contributed by atoms with E-state index < -0.39 is 10.9 Å². The van der Waals surface area contributed by atoms with Gasteiger partial charge in [-0.2, -0.15) is 0 Å². The third-order valence-electron chi connectivity index (χ3n) is 4.56. The molecule has 0 unspecified atom stereocenters. The number of hydrogen-bond donors (Lipinski definition) is 0. The molecule has 1 aliphatic heterocycles. The first-order valence-electron chi connectivity index (χ1n) is 8.56. The van der Waals surface area contributed by atoms with Gasteiger partial charge in [-0.1, -0.05) is 11.6 Å². The molecule has 1 heterocycles. The highest BCUT2D eigenvalue weighted by Gasteiger charge is 2.25. The second kappa shape index (κ2) is 8.26. The van der Waals surface area contributed by atoms with Crippen molar-refractivity contribution in [3.05, 3.63) is 68.7 Å². The summed E-state index contributed by atoms with van der Waals surface area (Å²) in [7, 11) is 1.18. The summed E-state index contributed by atoms with van der Waals surface area (Å²) in [5.41, 5.74) is 0.750. The molecule has 0 atom stereocenters. The Hall–Kier alpha value is -3.13. The zero-order valence-corrected chi connectivity index (χ0v) is 15.9. The molecule has 2 aromatic rings. The zero-order valence-electron chi connectivity index (χ0n) is 15.1. The number of carbonyl (C=O) groups is 2. The lowest BCUT2D eigenvalue weighted by molar-refractivity contribution is -0.384. The van der Waals surface area contributed by atoms with Crippen molar-refractivity contribution < 1.29 is 19.2 Å². The highest BCUT2D eigenvalue weighted by molar-refractivity contribution is 6.30. The van der Waals surface area contributed by atoms with Crippen molar-refractivity contribution in [2.75, 3.05) is 38.2 Å². The first-order chi connectivity index (χ1) is 13.4. The summed E-state index contributed by atoms with van der Waals surface area (Å²) < 4.78 is 4.62. The van der Waals surface area contributed by atoms with Crippen LogP contribution in [0.2, 0.25) is 5.02 Å². The number of esters is 1. The smallest absolute Gasteiger partial charge is 0.338 e. The van der Waals surface area contributed by atoms with Gasteiger partial charge in [0.05, 0.1) is 17.6 Å². The van der Waals surface area contributed by atoms with Gasteiger partial charge in [-0.25, -0.2) is 4.79 Å². The number of amides is 1. The van der Waals surface area contributed by atoms with E-state index in [0.717, 1.165) is 11.8 Å². The Kier molecular flexibility index (Phi) is 5.79. The average molecular weight is 404 g/mol. The van der Waals surface area contributed by atoms with E-state index >= 15 is 0 Å². The Labute approximate surface area is 166 Å². The van der Waals surface area contributed by atoms with Crippen LogP contribution in [0.1, 0.15) is 20.7 Å². The summed E-state index contributed by atoms with van der Waals surface area (Å²) in [5.74, 6) is -1.09. The Bertz CT molecular complexity index is 908. The molecule has 0 spiro atoms. The van der Waals surface area contributed by atoms with Crippen molar-refractivity contribution in [1.29, 1.82) is 0 Å². The molecule has 1 fully saturated rings. The number of carbonyl (C=O) groups excluding carboxylic acids is 2. The molecule has 0 bridgehead atoms. The second-order valence-electron chi connectivity index (χ2n) is 6.27. The van der Waals surface area contributed by atoms with Crippen LogP contribution in [0.5, 0.6) is 0 Å².